The van der Waals surface area contributed by atoms with Crippen LogP contribution in [0.5, 0.6) is 0 Å². The molecule has 0 heterocycles. The molecule has 0 aromatic rings. The minimum Gasteiger partial charge on any atom is -0.330 e. The van der Waals surface area contributed by atoms with Crippen molar-refractivity contribution in [3.63, 3.8) is 0 Å². The molecule has 0 aliphatic heterocycles. The van der Waals surface area contributed by atoms with E-state index >= 15 is 0 Å². The predicted molar refractivity (Wildman–Crippen MR) is 178 cm³/mol. The quantitative estimate of drug-likeness (QED) is 0.0423. The van der Waals surface area contributed by atoms with E-state index in [-0.39, 0.29) is 0 Å². The monoisotopic (exact) mass is 552 g/mol. The summed E-state index contributed by atoms with van der Waals surface area (Å²) in [6.07, 6.45) is 42.8. The lowest BCUT2D eigenvalue weighted by atomic mass is 9.78. The third-order valence-corrected chi connectivity index (χ3v) is 9.20. The summed E-state index contributed by atoms with van der Waals surface area (Å²) in [7, 11) is 0. The zero-order valence-corrected chi connectivity index (χ0v) is 27.4. The summed E-state index contributed by atoms with van der Waals surface area (Å²) >= 11 is 0. The Balaban J connectivity index is 4.70. The van der Waals surface area contributed by atoms with Crippen LogP contribution in [0.4, 0.5) is 0 Å². The van der Waals surface area contributed by atoms with E-state index in [9.17, 15) is 0 Å². The van der Waals surface area contributed by atoms with Gasteiger partial charge in [0.2, 0.25) is 0 Å². The summed E-state index contributed by atoms with van der Waals surface area (Å²) in [5.41, 5.74) is 8.46. The summed E-state index contributed by atoms with van der Waals surface area (Å²) in [5, 5.41) is 0. The molecule has 39 heavy (non-hydrogen) atoms. The van der Waals surface area contributed by atoms with Crippen LogP contribution in [0.15, 0.2) is 0 Å². The molecule has 0 rings (SSSR count). The Morgan fingerprint density at radius 3 is 0.974 bits per heavy atom. The molecule has 0 aromatic carbocycles. The van der Waals surface area contributed by atoms with Crippen LogP contribution in [-0.2, 0) is 0 Å². The molecule has 3 heteroatoms. The molecule has 0 aliphatic carbocycles. The highest BCUT2D eigenvalue weighted by Crippen LogP contribution is 2.33. The van der Waals surface area contributed by atoms with Crippen molar-refractivity contribution in [3.8, 4) is 0 Å². The van der Waals surface area contributed by atoms with Crippen molar-refractivity contribution < 1.29 is 0 Å². The molecule has 0 saturated heterocycles. The fourth-order valence-corrected chi connectivity index (χ4v) is 6.56. The smallest absolute Gasteiger partial charge is 0.00974 e. The van der Waals surface area contributed by atoms with Gasteiger partial charge in [-0.15, -0.1) is 0 Å². The maximum Gasteiger partial charge on any atom is 0.00974 e. The summed E-state index contributed by atoms with van der Waals surface area (Å²) in [6, 6.07) is 0. The molecular weight excluding hydrogens is 474 g/mol. The standard InChI is InChI=1S/C36H77N3/c1-3-5-7-9-12-18-24-30-36(32-26-20-14-16-22-28-34-39-38)35(29-23-17-10-8-6-4-2)31-25-19-13-11-15-21-27-33-37/h35-36,39H,3-34,37-38H2,1-2H3. The first-order valence-electron chi connectivity index (χ1n) is 18.4. The molecule has 236 valence electrons. The highest BCUT2D eigenvalue weighted by Gasteiger charge is 2.20. The first-order chi connectivity index (χ1) is 19.3. The highest BCUT2D eigenvalue weighted by atomic mass is 15.2. The van der Waals surface area contributed by atoms with Crippen LogP contribution in [0.2, 0.25) is 0 Å². The summed E-state index contributed by atoms with van der Waals surface area (Å²) in [6.45, 7) is 6.49. The third kappa shape index (κ3) is 29.2. The Labute approximate surface area is 248 Å². The molecule has 0 aromatic heterocycles. The number of hydrazine groups is 1. The Kier molecular flexibility index (Phi) is 34.0. The molecule has 0 radical (unpaired) electrons. The van der Waals surface area contributed by atoms with Gasteiger partial charge in [-0.1, -0.05) is 194 Å². The lowest BCUT2D eigenvalue weighted by molar-refractivity contribution is 0.236. The van der Waals surface area contributed by atoms with Crippen LogP contribution in [0, 0.1) is 11.8 Å². The minimum atomic E-state index is 0.867. The number of rotatable bonds is 34. The van der Waals surface area contributed by atoms with E-state index in [2.05, 4.69) is 19.3 Å². The van der Waals surface area contributed by atoms with Gasteiger partial charge in [-0.25, -0.2) is 0 Å². The molecule has 2 unspecified atom stereocenters. The molecule has 0 amide bonds. The zero-order chi connectivity index (χ0) is 28.5. The van der Waals surface area contributed by atoms with E-state index in [0.717, 1.165) is 24.9 Å². The van der Waals surface area contributed by atoms with Gasteiger partial charge in [0.05, 0.1) is 0 Å². The summed E-state index contributed by atoms with van der Waals surface area (Å²) in [4.78, 5) is 0. The Bertz CT molecular complexity index is 428. The van der Waals surface area contributed by atoms with E-state index in [4.69, 9.17) is 11.6 Å². The van der Waals surface area contributed by atoms with Gasteiger partial charge in [-0.05, 0) is 31.2 Å². The Hall–Kier alpha value is -0.120. The van der Waals surface area contributed by atoms with Crippen LogP contribution in [0.3, 0.4) is 0 Å². The fourth-order valence-electron chi connectivity index (χ4n) is 6.56. The Morgan fingerprint density at radius 1 is 0.385 bits per heavy atom. The molecule has 0 fully saturated rings. The van der Waals surface area contributed by atoms with Crippen LogP contribution in [-0.4, -0.2) is 13.1 Å². The van der Waals surface area contributed by atoms with Gasteiger partial charge < -0.3 is 5.73 Å². The molecule has 0 spiro atoms. The highest BCUT2D eigenvalue weighted by molar-refractivity contribution is 4.72. The number of nitrogens with one attached hydrogen (secondary N) is 1. The SMILES string of the molecule is CCCCCCCCCC(CCCCCCCCNN)C(CCCCCCCC)CCCCCCCCCN. The zero-order valence-electron chi connectivity index (χ0n) is 27.4. The van der Waals surface area contributed by atoms with Crippen molar-refractivity contribution in [1.82, 2.24) is 5.43 Å². The molecule has 0 bridgehead atoms. The number of unbranched alkanes of at least 4 members (excludes halogenated alkanes) is 22. The van der Waals surface area contributed by atoms with Gasteiger partial charge >= 0.3 is 0 Å². The van der Waals surface area contributed by atoms with Crippen LogP contribution >= 0.6 is 0 Å². The van der Waals surface area contributed by atoms with Gasteiger partial charge in [0.15, 0.2) is 0 Å². The van der Waals surface area contributed by atoms with Crippen molar-refractivity contribution in [2.75, 3.05) is 13.1 Å². The molecule has 2 atom stereocenters. The lowest BCUT2D eigenvalue weighted by Gasteiger charge is -2.28. The maximum atomic E-state index is 5.67. The van der Waals surface area contributed by atoms with E-state index < -0.39 is 0 Å². The molecule has 0 aliphatic rings. The van der Waals surface area contributed by atoms with Gasteiger partial charge in [0.1, 0.15) is 0 Å². The van der Waals surface area contributed by atoms with Crippen molar-refractivity contribution in [3.05, 3.63) is 0 Å². The fraction of sp³-hybridized carbons (Fsp3) is 1.00. The third-order valence-electron chi connectivity index (χ3n) is 9.20. The second-order valence-corrected chi connectivity index (χ2v) is 12.9. The first-order valence-corrected chi connectivity index (χ1v) is 18.4. The van der Waals surface area contributed by atoms with Gasteiger partial charge in [0.25, 0.3) is 0 Å². The second kappa shape index (κ2) is 34.1. The normalized spacial score (nSPS) is 13.2. The van der Waals surface area contributed by atoms with Crippen molar-refractivity contribution in [1.29, 1.82) is 0 Å². The molecular formula is C36H77N3. The Morgan fingerprint density at radius 2 is 0.667 bits per heavy atom. The number of hydrogen-bond donors (Lipinski definition) is 3. The topological polar surface area (TPSA) is 64.1 Å². The largest absolute Gasteiger partial charge is 0.330 e. The predicted octanol–water partition coefficient (Wildman–Crippen LogP) is 11.4. The lowest BCUT2D eigenvalue weighted by Crippen LogP contribution is -2.22. The van der Waals surface area contributed by atoms with Gasteiger partial charge in [0, 0.05) is 6.54 Å². The molecule has 3 nitrogen and oxygen atoms in total. The maximum absolute atomic E-state index is 5.67. The molecule has 0 saturated carbocycles. The average Bonchev–Trinajstić information content (AvgIpc) is 2.95. The van der Waals surface area contributed by atoms with Crippen LogP contribution in [0.25, 0.3) is 0 Å². The van der Waals surface area contributed by atoms with Crippen molar-refractivity contribution >= 4 is 0 Å². The van der Waals surface area contributed by atoms with Crippen LogP contribution < -0.4 is 17.0 Å². The first kappa shape index (κ1) is 38.9. The van der Waals surface area contributed by atoms with Gasteiger partial charge in [-0.3, -0.25) is 11.3 Å². The number of nitrogens with two attached hydrogens (primary N) is 2. The number of hydrogen-bond acceptors (Lipinski definition) is 3. The summed E-state index contributed by atoms with van der Waals surface area (Å²) < 4.78 is 0. The van der Waals surface area contributed by atoms with E-state index in [1.54, 1.807) is 0 Å². The van der Waals surface area contributed by atoms with E-state index in [1.807, 2.05) is 0 Å². The van der Waals surface area contributed by atoms with E-state index in [1.165, 1.54) is 193 Å². The van der Waals surface area contributed by atoms with Crippen LogP contribution in [0.1, 0.15) is 206 Å². The molecule has 5 N–H and O–H groups in total. The van der Waals surface area contributed by atoms with Crippen molar-refractivity contribution in [2.24, 2.45) is 23.4 Å². The van der Waals surface area contributed by atoms with Gasteiger partial charge in [-0.2, -0.15) is 0 Å². The average molecular weight is 552 g/mol. The summed E-state index contributed by atoms with van der Waals surface area (Å²) in [5.74, 6) is 7.40. The second-order valence-electron chi connectivity index (χ2n) is 12.9. The van der Waals surface area contributed by atoms with Crippen molar-refractivity contribution in [2.45, 2.75) is 206 Å². The minimum absolute atomic E-state index is 0.867. The van der Waals surface area contributed by atoms with E-state index in [0.29, 0.717) is 0 Å².